The van der Waals surface area contributed by atoms with Crippen LogP contribution in [0.4, 0.5) is 0 Å². The van der Waals surface area contributed by atoms with E-state index in [4.69, 9.17) is 16.3 Å². The quantitative estimate of drug-likeness (QED) is 0.899. The van der Waals surface area contributed by atoms with Gasteiger partial charge in [-0.2, -0.15) is 0 Å². The highest BCUT2D eigenvalue weighted by molar-refractivity contribution is 6.31. The Bertz CT molecular complexity index is 403. The first kappa shape index (κ1) is 14.6. The van der Waals surface area contributed by atoms with Crippen LogP contribution in [0.2, 0.25) is 5.02 Å². The summed E-state index contributed by atoms with van der Waals surface area (Å²) < 4.78 is 5.76. The lowest BCUT2D eigenvalue weighted by Crippen LogP contribution is -2.42. The van der Waals surface area contributed by atoms with Crippen LogP contribution in [-0.2, 0) is 6.54 Å². The van der Waals surface area contributed by atoms with Crippen LogP contribution in [0.1, 0.15) is 19.4 Å². The molecule has 0 spiro atoms. The molecule has 0 atom stereocenters. The number of hydrogen-bond acceptors (Lipinski definition) is 3. The Kier molecular flexibility index (Phi) is 5.49. The van der Waals surface area contributed by atoms with E-state index in [0.29, 0.717) is 5.92 Å². The minimum absolute atomic E-state index is 0.535. The zero-order valence-corrected chi connectivity index (χ0v) is 12.5. The Morgan fingerprint density at radius 1 is 1.32 bits per heavy atom. The van der Waals surface area contributed by atoms with E-state index in [1.165, 1.54) is 0 Å². The van der Waals surface area contributed by atoms with Crippen LogP contribution in [0.5, 0.6) is 5.75 Å². The number of piperazine rings is 1. The summed E-state index contributed by atoms with van der Waals surface area (Å²) >= 11 is 6.28. The third kappa shape index (κ3) is 4.68. The Balaban J connectivity index is 1.99. The fourth-order valence-electron chi connectivity index (χ4n) is 2.14. The van der Waals surface area contributed by atoms with Crippen molar-refractivity contribution < 1.29 is 4.74 Å². The first-order chi connectivity index (χ1) is 9.15. The number of hydrogen-bond donors (Lipinski definition) is 1. The van der Waals surface area contributed by atoms with Crippen molar-refractivity contribution >= 4 is 11.6 Å². The van der Waals surface area contributed by atoms with Crippen LogP contribution >= 0.6 is 11.6 Å². The lowest BCUT2D eigenvalue weighted by atomic mass is 10.2. The lowest BCUT2D eigenvalue weighted by molar-refractivity contribution is 0.232. The molecule has 1 aromatic carbocycles. The second kappa shape index (κ2) is 7.13. The average molecular weight is 283 g/mol. The standard InChI is InChI=1S/C15H23ClN2O/c1-12(2)11-19-14-3-4-15(16)13(9-14)10-18-7-5-17-6-8-18/h3-4,9,12,17H,5-8,10-11H2,1-2H3. The van der Waals surface area contributed by atoms with Gasteiger partial charge in [0.25, 0.3) is 0 Å². The molecule has 0 bridgehead atoms. The Hall–Kier alpha value is -0.770. The number of halogens is 1. The van der Waals surface area contributed by atoms with E-state index in [1.807, 2.05) is 12.1 Å². The topological polar surface area (TPSA) is 24.5 Å². The third-order valence-corrected chi connectivity index (χ3v) is 3.57. The summed E-state index contributed by atoms with van der Waals surface area (Å²) in [5, 5.41) is 4.19. The highest BCUT2D eigenvalue weighted by Gasteiger charge is 2.12. The van der Waals surface area contributed by atoms with Gasteiger partial charge in [-0.15, -0.1) is 0 Å². The average Bonchev–Trinajstić information content (AvgIpc) is 2.41. The van der Waals surface area contributed by atoms with Crippen LogP contribution < -0.4 is 10.1 Å². The van der Waals surface area contributed by atoms with Gasteiger partial charge in [0, 0.05) is 37.7 Å². The molecule has 0 aromatic heterocycles. The first-order valence-electron chi connectivity index (χ1n) is 6.99. The predicted molar refractivity (Wildman–Crippen MR) is 79.9 cm³/mol. The number of nitrogens with one attached hydrogen (secondary N) is 1. The molecule has 0 saturated carbocycles. The molecule has 0 amide bonds. The number of benzene rings is 1. The molecular formula is C15H23ClN2O. The normalized spacial score (nSPS) is 16.8. The van der Waals surface area contributed by atoms with Crippen molar-refractivity contribution in [2.24, 2.45) is 5.92 Å². The highest BCUT2D eigenvalue weighted by Crippen LogP contribution is 2.24. The molecule has 1 aliphatic rings. The van der Waals surface area contributed by atoms with E-state index in [-0.39, 0.29) is 0 Å². The molecular weight excluding hydrogens is 260 g/mol. The van der Waals surface area contributed by atoms with Gasteiger partial charge in [0.05, 0.1) is 6.61 Å². The maximum Gasteiger partial charge on any atom is 0.119 e. The van der Waals surface area contributed by atoms with Crippen molar-refractivity contribution in [2.75, 3.05) is 32.8 Å². The Morgan fingerprint density at radius 3 is 2.74 bits per heavy atom. The molecule has 1 aliphatic heterocycles. The SMILES string of the molecule is CC(C)COc1ccc(Cl)c(CN2CCNCC2)c1. The fourth-order valence-corrected chi connectivity index (χ4v) is 2.31. The maximum atomic E-state index is 6.28. The summed E-state index contributed by atoms with van der Waals surface area (Å²) in [6.45, 7) is 10.2. The van der Waals surface area contributed by atoms with Gasteiger partial charge < -0.3 is 10.1 Å². The predicted octanol–water partition coefficient (Wildman–Crippen LogP) is 2.78. The summed E-state index contributed by atoms with van der Waals surface area (Å²) in [5.41, 5.74) is 1.16. The molecule has 1 N–H and O–H groups in total. The summed E-state index contributed by atoms with van der Waals surface area (Å²) in [6.07, 6.45) is 0. The van der Waals surface area contributed by atoms with Gasteiger partial charge >= 0.3 is 0 Å². The van der Waals surface area contributed by atoms with Gasteiger partial charge in [0.1, 0.15) is 5.75 Å². The van der Waals surface area contributed by atoms with Gasteiger partial charge in [-0.1, -0.05) is 25.4 Å². The summed E-state index contributed by atoms with van der Waals surface area (Å²) in [7, 11) is 0. The second-order valence-corrected chi connectivity index (χ2v) is 5.89. The van der Waals surface area contributed by atoms with E-state index >= 15 is 0 Å². The van der Waals surface area contributed by atoms with Gasteiger partial charge in [0.2, 0.25) is 0 Å². The van der Waals surface area contributed by atoms with E-state index in [2.05, 4.69) is 30.1 Å². The molecule has 1 fully saturated rings. The van der Waals surface area contributed by atoms with Crippen molar-refractivity contribution in [3.8, 4) is 5.75 Å². The van der Waals surface area contributed by atoms with Crippen LogP contribution in [0.3, 0.4) is 0 Å². The molecule has 0 radical (unpaired) electrons. The second-order valence-electron chi connectivity index (χ2n) is 5.48. The van der Waals surface area contributed by atoms with Gasteiger partial charge in [-0.25, -0.2) is 0 Å². The molecule has 0 aliphatic carbocycles. The monoisotopic (exact) mass is 282 g/mol. The van der Waals surface area contributed by atoms with Gasteiger partial charge in [0.15, 0.2) is 0 Å². The molecule has 4 heteroatoms. The molecule has 1 saturated heterocycles. The molecule has 19 heavy (non-hydrogen) atoms. The van der Waals surface area contributed by atoms with E-state index < -0.39 is 0 Å². The molecule has 0 unspecified atom stereocenters. The largest absolute Gasteiger partial charge is 0.493 e. The van der Waals surface area contributed by atoms with E-state index in [0.717, 1.165) is 55.7 Å². The van der Waals surface area contributed by atoms with Crippen LogP contribution in [0.15, 0.2) is 18.2 Å². The highest BCUT2D eigenvalue weighted by atomic mass is 35.5. The lowest BCUT2D eigenvalue weighted by Gasteiger charge is -2.27. The van der Waals surface area contributed by atoms with E-state index in [1.54, 1.807) is 0 Å². The Morgan fingerprint density at radius 2 is 2.05 bits per heavy atom. The molecule has 1 aromatic rings. The fraction of sp³-hybridized carbons (Fsp3) is 0.600. The zero-order chi connectivity index (χ0) is 13.7. The van der Waals surface area contributed by atoms with Crippen LogP contribution in [0.25, 0.3) is 0 Å². The van der Waals surface area contributed by atoms with Crippen molar-refractivity contribution in [2.45, 2.75) is 20.4 Å². The molecule has 2 rings (SSSR count). The maximum absolute atomic E-state index is 6.28. The number of ether oxygens (including phenoxy) is 1. The van der Waals surface area contributed by atoms with Gasteiger partial charge in [-0.3, -0.25) is 4.90 Å². The summed E-state index contributed by atoms with van der Waals surface area (Å²) in [4.78, 5) is 2.42. The van der Waals surface area contributed by atoms with E-state index in [9.17, 15) is 0 Å². The van der Waals surface area contributed by atoms with Crippen LogP contribution in [0, 0.1) is 5.92 Å². The molecule has 3 nitrogen and oxygen atoms in total. The number of nitrogens with zero attached hydrogens (tertiary/aromatic N) is 1. The first-order valence-corrected chi connectivity index (χ1v) is 7.37. The molecule has 1 heterocycles. The van der Waals surface area contributed by atoms with Crippen molar-refractivity contribution in [3.05, 3.63) is 28.8 Å². The minimum atomic E-state index is 0.535. The van der Waals surface area contributed by atoms with Crippen molar-refractivity contribution in [1.29, 1.82) is 0 Å². The minimum Gasteiger partial charge on any atom is -0.493 e. The summed E-state index contributed by atoms with van der Waals surface area (Å²) in [5.74, 6) is 1.45. The molecule has 106 valence electrons. The Labute approximate surface area is 120 Å². The zero-order valence-electron chi connectivity index (χ0n) is 11.8. The van der Waals surface area contributed by atoms with Crippen molar-refractivity contribution in [1.82, 2.24) is 10.2 Å². The van der Waals surface area contributed by atoms with Gasteiger partial charge in [-0.05, 0) is 29.7 Å². The summed E-state index contributed by atoms with van der Waals surface area (Å²) in [6, 6.07) is 5.97. The third-order valence-electron chi connectivity index (χ3n) is 3.20. The number of rotatable bonds is 5. The van der Waals surface area contributed by atoms with Crippen molar-refractivity contribution in [3.63, 3.8) is 0 Å². The van der Waals surface area contributed by atoms with Crippen LogP contribution in [-0.4, -0.2) is 37.7 Å². The smallest absolute Gasteiger partial charge is 0.119 e.